The molecule has 0 bridgehead atoms. The number of carbonyl (C=O) groups excluding carboxylic acids is 4. The number of thiazole rings is 1. The number of methoxy groups -OCH3 is 1. The number of anilines is 1. The number of amides is 4. The van der Waals surface area contributed by atoms with E-state index in [0.29, 0.717) is 62.0 Å². The molecule has 2 atom stereocenters. The van der Waals surface area contributed by atoms with Gasteiger partial charge in [0, 0.05) is 44.5 Å². The van der Waals surface area contributed by atoms with Gasteiger partial charge in [-0.1, -0.05) is 63.9 Å². The fourth-order valence-electron chi connectivity index (χ4n) is 7.40. The zero-order chi connectivity index (χ0) is 44.2. The van der Waals surface area contributed by atoms with E-state index >= 15 is 0 Å². The minimum atomic E-state index is -0.543. The summed E-state index contributed by atoms with van der Waals surface area (Å²) >= 11 is 1.60. The Kier molecular flexibility index (Phi) is 15.3. The summed E-state index contributed by atoms with van der Waals surface area (Å²) in [5, 5.41) is 8.85. The molecule has 0 unspecified atom stereocenters. The first-order valence-electron chi connectivity index (χ1n) is 21.0. The first kappa shape index (κ1) is 45.2. The van der Waals surface area contributed by atoms with E-state index in [9.17, 15) is 24.0 Å². The van der Waals surface area contributed by atoms with Crippen molar-refractivity contribution in [1.82, 2.24) is 35.1 Å². The fourth-order valence-corrected chi connectivity index (χ4v) is 8.21. The van der Waals surface area contributed by atoms with Gasteiger partial charge in [0.1, 0.15) is 29.1 Å². The predicted molar refractivity (Wildman–Crippen MR) is 239 cm³/mol. The average Bonchev–Trinajstić information content (AvgIpc) is 4.04. The lowest BCUT2D eigenvalue weighted by Gasteiger charge is -2.35. The molecule has 4 heterocycles. The highest BCUT2D eigenvalue weighted by Crippen LogP contribution is 2.32. The van der Waals surface area contributed by atoms with Crippen LogP contribution in [0.2, 0.25) is 0 Å². The van der Waals surface area contributed by atoms with Gasteiger partial charge in [0.2, 0.25) is 17.7 Å². The molecule has 15 nitrogen and oxygen atoms in total. The van der Waals surface area contributed by atoms with Crippen LogP contribution in [0.4, 0.5) is 5.69 Å². The smallest absolute Gasteiger partial charge is 0.331 e. The van der Waals surface area contributed by atoms with Gasteiger partial charge >= 0.3 is 5.69 Å². The Morgan fingerprint density at radius 3 is 2.50 bits per heavy atom. The van der Waals surface area contributed by atoms with Crippen molar-refractivity contribution in [3.8, 4) is 27.8 Å². The van der Waals surface area contributed by atoms with Crippen LogP contribution in [0, 0.1) is 18.3 Å². The molecule has 16 heteroatoms. The van der Waals surface area contributed by atoms with Crippen LogP contribution in [0.1, 0.15) is 87.5 Å². The van der Waals surface area contributed by atoms with Crippen LogP contribution in [0.5, 0.6) is 11.5 Å². The van der Waals surface area contributed by atoms with E-state index in [4.69, 9.17) is 9.47 Å². The third-order valence-electron chi connectivity index (χ3n) is 11.0. The number of hydrogen-bond donors (Lipinski definition) is 4. The highest BCUT2D eigenvalue weighted by atomic mass is 32.1. The van der Waals surface area contributed by atoms with Gasteiger partial charge in [-0.2, -0.15) is 0 Å². The molecule has 5 aromatic rings. The largest absolute Gasteiger partial charge is 0.494 e. The van der Waals surface area contributed by atoms with E-state index in [1.165, 1.54) is 24.1 Å². The number of hydrogen-bond acceptors (Lipinski definition) is 10. The maximum atomic E-state index is 14.0. The molecule has 62 heavy (non-hydrogen) atoms. The molecular formula is C46H56N8O7S. The Bertz CT molecular complexity index is 2380. The standard InChI is InChI=1S/C46H56N8O7S/c1-30-41(62-29-50-30)32-18-16-31(17-19-32)27-49-43(57)37-13-11-23-53(37)44(58)34(46(2,3)4)28-48-40(55)15-8-6-7-9-25-61-33-20-21-35(38(26-33)60-5)52-42(56)36-12-10-14-39(51-36)54-24-22-47-45(54)59/h10,12,14,16-22,24,26,29,34,37H,6-9,11,13,15,23,25,27-28H2,1-5H3,(H,47,59)(H,48,55)(H,49,57)(H,52,56)/t34-,37+/m1/s1. The highest BCUT2D eigenvalue weighted by Gasteiger charge is 2.41. The average molecular weight is 865 g/mol. The van der Waals surface area contributed by atoms with Crippen molar-refractivity contribution < 1.29 is 28.7 Å². The Morgan fingerprint density at radius 2 is 1.79 bits per heavy atom. The number of nitrogens with zero attached hydrogens (tertiary/aromatic N) is 4. The maximum absolute atomic E-state index is 14.0. The third kappa shape index (κ3) is 11.7. The number of imidazole rings is 1. The summed E-state index contributed by atoms with van der Waals surface area (Å²) in [6.07, 6.45) is 7.89. The molecule has 1 aliphatic heterocycles. The number of carbonyl (C=O) groups is 4. The van der Waals surface area contributed by atoms with E-state index in [1.807, 2.05) is 57.5 Å². The molecule has 0 radical (unpaired) electrons. The molecule has 4 N–H and O–H groups in total. The van der Waals surface area contributed by atoms with Gasteiger partial charge < -0.3 is 35.3 Å². The molecular weight excluding hydrogens is 809 g/mol. The molecule has 328 valence electrons. The van der Waals surface area contributed by atoms with Crippen LogP contribution in [0.25, 0.3) is 16.3 Å². The monoisotopic (exact) mass is 864 g/mol. The number of pyridine rings is 1. The second-order valence-electron chi connectivity index (χ2n) is 16.4. The number of aromatic nitrogens is 4. The minimum Gasteiger partial charge on any atom is -0.494 e. The summed E-state index contributed by atoms with van der Waals surface area (Å²) in [5.74, 6) is -0.0112. The molecule has 3 aromatic heterocycles. The molecule has 1 saturated heterocycles. The van der Waals surface area contributed by atoms with Crippen LogP contribution in [-0.4, -0.2) is 80.9 Å². The van der Waals surface area contributed by atoms with Gasteiger partial charge in [-0.05, 0) is 73.4 Å². The Balaban J connectivity index is 0.889. The number of H-pyrrole nitrogens is 1. The van der Waals surface area contributed by atoms with Gasteiger partial charge in [-0.25, -0.2) is 14.8 Å². The molecule has 4 amide bonds. The second-order valence-corrected chi connectivity index (χ2v) is 17.3. The fraction of sp³-hybridized carbons (Fsp3) is 0.413. The van der Waals surface area contributed by atoms with E-state index in [-0.39, 0.29) is 35.6 Å². The molecule has 2 aromatic carbocycles. The van der Waals surface area contributed by atoms with Crippen molar-refractivity contribution >= 4 is 40.7 Å². The molecule has 1 aliphatic rings. The van der Waals surface area contributed by atoms with E-state index in [1.54, 1.807) is 52.6 Å². The summed E-state index contributed by atoms with van der Waals surface area (Å²) in [6, 6.07) is 17.5. The zero-order valence-corrected chi connectivity index (χ0v) is 36.8. The number of unbranched alkanes of at least 4 members (excludes halogenated alkanes) is 3. The first-order chi connectivity index (χ1) is 29.8. The summed E-state index contributed by atoms with van der Waals surface area (Å²) in [4.78, 5) is 79.3. The van der Waals surface area contributed by atoms with Crippen molar-refractivity contribution in [3.05, 3.63) is 106 Å². The normalized spacial score (nSPS) is 14.3. The third-order valence-corrected chi connectivity index (χ3v) is 11.9. The number of nitrogens with one attached hydrogen (secondary N) is 4. The van der Waals surface area contributed by atoms with Gasteiger partial charge in [0.05, 0.1) is 41.4 Å². The van der Waals surface area contributed by atoms with Gasteiger partial charge in [0.15, 0.2) is 0 Å². The van der Waals surface area contributed by atoms with Crippen molar-refractivity contribution in [3.63, 3.8) is 0 Å². The van der Waals surface area contributed by atoms with E-state index in [2.05, 4.69) is 30.9 Å². The number of aromatic amines is 1. The lowest BCUT2D eigenvalue weighted by Crippen LogP contribution is -2.52. The maximum Gasteiger partial charge on any atom is 0.331 e. The van der Waals surface area contributed by atoms with Gasteiger partial charge in [-0.3, -0.25) is 23.7 Å². The molecule has 0 saturated carbocycles. The van der Waals surface area contributed by atoms with Crippen LogP contribution < -0.4 is 31.1 Å². The van der Waals surface area contributed by atoms with Crippen molar-refractivity contribution in [1.29, 1.82) is 0 Å². The topological polar surface area (TPSA) is 190 Å². The van der Waals surface area contributed by atoms with Crippen LogP contribution >= 0.6 is 11.3 Å². The minimum absolute atomic E-state index is 0.102. The molecule has 0 spiro atoms. The number of ether oxygens (including phenoxy) is 2. The summed E-state index contributed by atoms with van der Waals surface area (Å²) in [7, 11) is 1.50. The molecule has 0 aliphatic carbocycles. The van der Waals surface area contributed by atoms with E-state index < -0.39 is 23.3 Å². The lowest BCUT2D eigenvalue weighted by atomic mass is 9.79. The summed E-state index contributed by atoms with van der Waals surface area (Å²) < 4.78 is 12.8. The Hall–Kier alpha value is -6.29. The molecule has 1 fully saturated rings. The van der Waals surface area contributed by atoms with Gasteiger partial charge in [0.25, 0.3) is 5.91 Å². The number of benzene rings is 2. The lowest BCUT2D eigenvalue weighted by molar-refractivity contribution is -0.144. The summed E-state index contributed by atoms with van der Waals surface area (Å²) in [6.45, 7) is 9.51. The number of aryl methyl sites for hydroxylation is 1. The van der Waals surface area contributed by atoms with E-state index in [0.717, 1.165) is 47.4 Å². The van der Waals surface area contributed by atoms with Crippen molar-refractivity contribution in [2.45, 2.75) is 85.2 Å². The predicted octanol–water partition coefficient (Wildman–Crippen LogP) is 6.67. The highest BCUT2D eigenvalue weighted by molar-refractivity contribution is 7.13. The summed E-state index contributed by atoms with van der Waals surface area (Å²) in [5.41, 5.74) is 4.68. The number of rotatable bonds is 19. The zero-order valence-electron chi connectivity index (χ0n) is 36.0. The van der Waals surface area contributed by atoms with Crippen molar-refractivity contribution in [2.24, 2.45) is 11.3 Å². The second kappa shape index (κ2) is 21.0. The van der Waals surface area contributed by atoms with Crippen LogP contribution in [0.3, 0.4) is 0 Å². The quantitative estimate of drug-likeness (QED) is 0.0658. The number of likely N-dealkylation sites (tertiary alicyclic amines) is 1. The van der Waals surface area contributed by atoms with Crippen LogP contribution in [-0.2, 0) is 20.9 Å². The van der Waals surface area contributed by atoms with Gasteiger partial charge in [-0.15, -0.1) is 11.3 Å². The van der Waals surface area contributed by atoms with Crippen molar-refractivity contribution in [2.75, 3.05) is 32.1 Å². The Labute approximate surface area is 365 Å². The SMILES string of the molecule is COc1cc(OCCCCCCC(=O)NC[C@H](C(=O)N2CCC[C@H]2C(=O)NCc2ccc(-c3scnc3C)cc2)C(C)(C)C)ccc1NC(=O)c1cccc(-n2cc[nH]c2=O)n1. The first-order valence-corrected chi connectivity index (χ1v) is 21.9. The van der Waals surface area contributed by atoms with Crippen LogP contribution in [0.15, 0.2) is 83.4 Å². The Morgan fingerprint density at radius 1 is 1.00 bits per heavy atom. The molecule has 6 rings (SSSR count).